The normalized spacial score (nSPS) is 10.9. The summed E-state index contributed by atoms with van der Waals surface area (Å²) in [6, 6.07) is 7.22. The zero-order chi connectivity index (χ0) is 10.3. The lowest BCUT2D eigenvalue weighted by Gasteiger charge is -1.97. The molecule has 3 aromatic heterocycles. The summed E-state index contributed by atoms with van der Waals surface area (Å²) in [6.07, 6.45) is 1.59. The van der Waals surface area contributed by atoms with Crippen LogP contribution >= 0.6 is 0 Å². The van der Waals surface area contributed by atoms with Crippen molar-refractivity contribution in [2.75, 3.05) is 5.73 Å². The van der Waals surface area contributed by atoms with Gasteiger partial charge in [-0.2, -0.15) is 9.61 Å². The zero-order valence-corrected chi connectivity index (χ0v) is 7.66. The fraction of sp³-hybridized carbons (Fsp3) is 0. The quantitative estimate of drug-likeness (QED) is 0.634. The molecule has 2 N–H and O–H groups in total. The Morgan fingerprint density at radius 3 is 2.93 bits per heavy atom. The van der Waals surface area contributed by atoms with E-state index in [0.29, 0.717) is 17.1 Å². The standard InChI is InChI=1S/C9H7N5O/c10-9-12-11-8-4-3-6(13-14(8)9)7-2-1-5-15-7/h1-5H,(H2,10,12). The molecule has 6 nitrogen and oxygen atoms in total. The first-order valence-corrected chi connectivity index (χ1v) is 4.36. The van der Waals surface area contributed by atoms with Crippen molar-refractivity contribution in [3.63, 3.8) is 0 Å². The van der Waals surface area contributed by atoms with Crippen LogP contribution in [0.1, 0.15) is 0 Å². The van der Waals surface area contributed by atoms with E-state index >= 15 is 0 Å². The minimum absolute atomic E-state index is 0.262. The molecule has 0 spiro atoms. The van der Waals surface area contributed by atoms with Crippen LogP contribution in [0.2, 0.25) is 0 Å². The number of nitrogen functional groups attached to an aromatic ring is 1. The van der Waals surface area contributed by atoms with Gasteiger partial charge in [-0.1, -0.05) is 0 Å². The summed E-state index contributed by atoms with van der Waals surface area (Å²) in [5.41, 5.74) is 6.90. The maximum Gasteiger partial charge on any atom is 0.243 e. The van der Waals surface area contributed by atoms with Crippen LogP contribution in [0.5, 0.6) is 0 Å². The largest absolute Gasteiger partial charge is 0.463 e. The highest BCUT2D eigenvalue weighted by atomic mass is 16.3. The average Bonchev–Trinajstić information content (AvgIpc) is 2.88. The summed E-state index contributed by atoms with van der Waals surface area (Å²) >= 11 is 0. The fourth-order valence-electron chi connectivity index (χ4n) is 1.36. The molecule has 0 unspecified atom stereocenters. The molecule has 15 heavy (non-hydrogen) atoms. The molecule has 0 fully saturated rings. The molecule has 0 atom stereocenters. The van der Waals surface area contributed by atoms with Crippen molar-refractivity contribution >= 4 is 11.6 Å². The third-order valence-corrected chi connectivity index (χ3v) is 2.06. The molecule has 0 amide bonds. The van der Waals surface area contributed by atoms with E-state index in [2.05, 4.69) is 15.3 Å². The van der Waals surface area contributed by atoms with Crippen LogP contribution in [0.15, 0.2) is 34.9 Å². The first-order chi connectivity index (χ1) is 7.34. The smallest absolute Gasteiger partial charge is 0.243 e. The van der Waals surface area contributed by atoms with Crippen LogP contribution in [0.4, 0.5) is 5.95 Å². The molecule has 74 valence electrons. The molecular weight excluding hydrogens is 194 g/mol. The highest BCUT2D eigenvalue weighted by Crippen LogP contribution is 2.17. The molecule has 3 aromatic rings. The van der Waals surface area contributed by atoms with Crippen molar-refractivity contribution in [3.05, 3.63) is 30.5 Å². The summed E-state index contributed by atoms with van der Waals surface area (Å²) in [6.45, 7) is 0. The molecule has 0 bridgehead atoms. The average molecular weight is 201 g/mol. The molecule has 0 radical (unpaired) electrons. The number of nitrogens with zero attached hydrogens (tertiary/aromatic N) is 4. The first kappa shape index (κ1) is 7.98. The van der Waals surface area contributed by atoms with Crippen molar-refractivity contribution in [1.29, 1.82) is 0 Å². The number of anilines is 1. The lowest BCUT2D eigenvalue weighted by molar-refractivity contribution is 0.578. The van der Waals surface area contributed by atoms with Gasteiger partial charge in [0.05, 0.1) is 6.26 Å². The van der Waals surface area contributed by atoms with Crippen LogP contribution in [-0.2, 0) is 0 Å². The topological polar surface area (TPSA) is 82.2 Å². The van der Waals surface area contributed by atoms with Crippen molar-refractivity contribution in [2.45, 2.75) is 0 Å². The van der Waals surface area contributed by atoms with Crippen molar-refractivity contribution < 1.29 is 4.42 Å². The molecule has 3 heterocycles. The van der Waals surface area contributed by atoms with Crippen LogP contribution in [-0.4, -0.2) is 19.8 Å². The Labute approximate surface area is 84.3 Å². The summed E-state index contributed by atoms with van der Waals surface area (Å²) in [5.74, 6) is 0.948. The predicted octanol–water partition coefficient (Wildman–Crippen LogP) is 0.966. The van der Waals surface area contributed by atoms with E-state index in [4.69, 9.17) is 10.2 Å². The van der Waals surface area contributed by atoms with Gasteiger partial charge in [-0.05, 0) is 24.3 Å². The molecule has 0 aromatic carbocycles. The summed E-state index contributed by atoms with van der Waals surface area (Å²) in [4.78, 5) is 0. The van der Waals surface area contributed by atoms with Crippen molar-refractivity contribution in [3.8, 4) is 11.5 Å². The van der Waals surface area contributed by atoms with E-state index in [1.54, 1.807) is 18.4 Å². The van der Waals surface area contributed by atoms with Gasteiger partial charge in [0.15, 0.2) is 11.4 Å². The van der Waals surface area contributed by atoms with Crippen LogP contribution in [0, 0.1) is 0 Å². The molecule has 6 heteroatoms. The number of hydrogen-bond donors (Lipinski definition) is 1. The van der Waals surface area contributed by atoms with E-state index in [9.17, 15) is 0 Å². The summed E-state index contributed by atoms with van der Waals surface area (Å²) in [7, 11) is 0. The minimum Gasteiger partial charge on any atom is -0.463 e. The van der Waals surface area contributed by atoms with Gasteiger partial charge in [0, 0.05) is 0 Å². The molecular formula is C9H7N5O. The van der Waals surface area contributed by atoms with E-state index in [1.807, 2.05) is 12.1 Å². The number of hydrogen-bond acceptors (Lipinski definition) is 5. The van der Waals surface area contributed by atoms with Crippen molar-refractivity contribution in [2.24, 2.45) is 0 Å². The molecule has 3 rings (SSSR count). The number of aromatic nitrogens is 4. The van der Waals surface area contributed by atoms with Gasteiger partial charge in [-0.3, -0.25) is 0 Å². The Hall–Kier alpha value is -2.37. The lowest BCUT2D eigenvalue weighted by atomic mass is 10.3. The minimum atomic E-state index is 0.262. The monoisotopic (exact) mass is 201 g/mol. The third-order valence-electron chi connectivity index (χ3n) is 2.06. The van der Waals surface area contributed by atoms with Gasteiger partial charge >= 0.3 is 0 Å². The Morgan fingerprint density at radius 2 is 2.13 bits per heavy atom. The Balaban J connectivity index is 2.25. The molecule has 0 saturated carbocycles. The first-order valence-electron chi connectivity index (χ1n) is 4.36. The van der Waals surface area contributed by atoms with Crippen LogP contribution < -0.4 is 5.73 Å². The highest BCUT2D eigenvalue weighted by molar-refractivity contribution is 5.54. The summed E-state index contributed by atoms with van der Waals surface area (Å²) < 4.78 is 6.70. The van der Waals surface area contributed by atoms with Gasteiger partial charge in [-0.15, -0.1) is 10.2 Å². The predicted molar refractivity (Wildman–Crippen MR) is 52.9 cm³/mol. The van der Waals surface area contributed by atoms with Gasteiger partial charge in [-0.25, -0.2) is 0 Å². The van der Waals surface area contributed by atoms with Crippen molar-refractivity contribution in [1.82, 2.24) is 19.8 Å². The maximum absolute atomic E-state index is 5.59. The maximum atomic E-state index is 5.59. The Morgan fingerprint density at radius 1 is 1.20 bits per heavy atom. The highest BCUT2D eigenvalue weighted by Gasteiger charge is 2.06. The second kappa shape index (κ2) is 2.81. The van der Waals surface area contributed by atoms with Crippen LogP contribution in [0.3, 0.4) is 0 Å². The van der Waals surface area contributed by atoms with E-state index in [1.165, 1.54) is 4.52 Å². The molecule has 0 saturated heterocycles. The second-order valence-electron chi connectivity index (χ2n) is 3.02. The van der Waals surface area contributed by atoms with Gasteiger partial charge in [0.25, 0.3) is 0 Å². The van der Waals surface area contributed by atoms with E-state index in [0.717, 1.165) is 0 Å². The number of rotatable bonds is 1. The second-order valence-corrected chi connectivity index (χ2v) is 3.02. The van der Waals surface area contributed by atoms with Gasteiger partial charge in [0.1, 0.15) is 5.69 Å². The van der Waals surface area contributed by atoms with Gasteiger partial charge < -0.3 is 10.2 Å². The SMILES string of the molecule is Nc1nnc2ccc(-c3ccco3)nn12. The molecule has 0 aliphatic heterocycles. The third kappa shape index (κ3) is 1.15. The van der Waals surface area contributed by atoms with Gasteiger partial charge in [0.2, 0.25) is 5.95 Å². The van der Waals surface area contributed by atoms with E-state index in [-0.39, 0.29) is 5.95 Å². The Bertz CT molecular complexity index is 598. The van der Waals surface area contributed by atoms with Crippen LogP contribution in [0.25, 0.3) is 17.1 Å². The van der Waals surface area contributed by atoms with E-state index < -0.39 is 0 Å². The molecule has 0 aliphatic carbocycles. The zero-order valence-electron chi connectivity index (χ0n) is 7.66. The number of furan rings is 1. The number of fused-ring (bicyclic) bond motifs is 1. The summed E-state index contributed by atoms with van der Waals surface area (Å²) in [5, 5.41) is 11.8. The lowest BCUT2D eigenvalue weighted by Crippen LogP contribution is -1.99. The Kier molecular flexibility index (Phi) is 1.49. The fourth-order valence-corrected chi connectivity index (χ4v) is 1.36. The molecule has 0 aliphatic rings. The number of nitrogens with two attached hydrogens (primary N) is 1.